The Morgan fingerprint density at radius 3 is 2.11 bits per heavy atom. The number of ether oxygens (including phenoxy) is 2. The van der Waals surface area contributed by atoms with Gasteiger partial charge in [-0.05, 0) is 73.5 Å². The molecule has 0 spiro atoms. The fourth-order valence-corrected chi connectivity index (χ4v) is 2.68. The van der Waals surface area contributed by atoms with Crippen LogP contribution in [0.1, 0.15) is 11.1 Å². The molecule has 0 atom stereocenters. The van der Waals surface area contributed by atoms with E-state index in [0.29, 0.717) is 22.2 Å². The minimum absolute atomic E-state index is 0.0806. The number of amides is 1. The van der Waals surface area contributed by atoms with Gasteiger partial charge in [0.1, 0.15) is 17.2 Å². The van der Waals surface area contributed by atoms with E-state index in [9.17, 15) is 4.79 Å². The second kappa shape index (κ2) is 8.60. The number of aryl methyl sites for hydroxylation is 2. The van der Waals surface area contributed by atoms with Gasteiger partial charge in [0.15, 0.2) is 6.61 Å². The quantitative estimate of drug-likeness (QED) is 0.589. The van der Waals surface area contributed by atoms with Crippen molar-refractivity contribution in [3.8, 4) is 17.2 Å². The average molecular weight is 382 g/mol. The van der Waals surface area contributed by atoms with Gasteiger partial charge in [-0.2, -0.15) is 0 Å². The predicted molar refractivity (Wildman–Crippen MR) is 108 cm³/mol. The van der Waals surface area contributed by atoms with Crippen LogP contribution in [0.2, 0.25) is 5.02 Å². The molecule has 4 nitrogen and oxygen atoms in total. The maximum atomic E-state index is 12.1. The number of hydrogen-bond acceptors (Lipinski definition) is 3. The Labute approximate surface area is 163 Å². The zero-order valence-corrected chi connectivity index (χ0v) is 15.9. The van der Waals surface area contributed by atoms with Crippen LogP contribution in [0.5, 0.6) is 17.2 Å². The Balaban J connectivity index is 1.53. The van der Waals surface area contributed by atoms with Gasteiger partial charge in [0.25, 0.3) is 5.91 Å². The highest BCUT2D eigenvalue weighted by Gasteiger charge is 2.07. The van der Waals surface area contributed by atoms with Gasteiger partial charge < -0.3 is 14.8 Å². The summed E-state index contributed by atoms with van der Waals surface area (Å²) in [7, 11) is 0. The molecule has 1 amide bonds. The summed E-state index contributed by atoms with van der Waals surface area (Å²) in [6.45, 7) is 3.73. The Hall–Kier alpha value is -2.98. The van der Waals surface area contributed by atoms with E-state index >= 15 is 0 Å². The first-order chi connectivity index (χ1) is 13.0. The van der Waals surface area contributed by atoms with Crippen molar-refractivity contribution in [1.29, 1.82) is 0 Å². The van der Waals surface area contributed by atoms with Crippen LogP contribution in [0.25, 0.3) is 0 Å². The molecule has 0 aromatic heterocycles. The maximum Gasteiger partial charge on any atom is 0.262 e. The summed E-state index contributed by atoms with van der Waals surface area (Å²) in [6, 6.07) is 20.3. The second-order valence-corrected chi connectivity index (χ2v) is 6.53. The van der Waals surface area contributed by atoms with Gasteiger partial charge in [0, 0.05) is 10.7 Å². The van der Waals surface area contributed by atoms with E-state index < -0.39 is 0 Å². The summed E-state index contributed by atoms with van der Waals surface area (Å²) in [5.41, 5.74) is 2.51. The molecule has 0 unspecified atom stereocenters. The highest BCUT2D eigenvalue weighted by atomic mass is 35.5. The zero-order chi connectivity index (χ0) is 19.2. The topological polar surface area (TPSA) is 47.6 Å². The Morgan fingerprint density at radius 1 is 0.889 bits per heavy atom. The molecule has 3 aromatic rings. The van der Waals surface area contributed by atoms with Gasteiger partial charge in [-0.15, -0.1) is 0 Å². The lowest BCUT2D eigenvalue weighted by Crippen LogP contribution is -2.20. The van der Waals surface area contributed by atoms with Crippen LogP contribution in [0.15, 0.2) is 66.7 Å². The van der Waals surface area contributed by atoms with E-state index in [0.717, 1.165) is 16.9 Å². The fourth-order valence-electron chi connectivity index (χ4n) is 2.57. The molecule has 0 aliphatic carbocycles. The SMILES string of the molecule is Cc1cc(OCC(=O)Nc2ccc(Oc3ccccc3)cc2)cc(C)c1Cl. The number of hydrogen-bond donors (Lipinski definition) is 1. The summed E-state index contributed by atoms with van der Waals surface area (Å²) < 4.78 is 11.3. The van der Waals surface area contributed by atoms with Crippen LogP contribution in [0, 0.1) is 13.8 Å². The molecular weight excluding hydrogens is 362 g/mol. The van der Waals surface area contributed by atoms with Crippen LogP contribution in [0.4, 0.5) is 5.69 Å². The van der Waals surface area contributed by atoms with E-state index in [2.05, 4.69) is 5.32 Å². The molecule has 0 heterocycles. The average Bonchev–Trinajstić information content (AvgIpc) is 2.67. The number of halogens is 1. The number of carbonyl (C=O) groups is 1. The normalized spacial score (nSPS) is 10.3. The lowest BCUT2D eigenvalue weighted by atomic mass is 10.1. The molecule has 0 radical (unpaired) electrons. The third-order valence-electron chi connectivity index (χ3n) is 3.90. The van der Waals surface area contributed by atoms with Crippen LogP contribution in [-0.4, -0.2) is 12.5 Å². The number of anilines is 1. The molecule has 138 valence electrons. The van der Waals surface area contributed by atoms with Gasteiger partial charge in [0.05, 0.1) is 0 Å². The highest BCUT2D eigenvalue weighted by molar-refractivity contribution is 6.32. The molecule has 0 saturated heterocycles. The van der Waals surface area contributed by atoms with Crippen molar-refractivity contribution in [2.45, 2.75) is 13.8 Å². The van der Waals surface area contributed by atoms with Gasteiger partial charge in [-0.3, -0.25) is 4.79 Å². The lowest BCUT2D eigenvalue weighted by Gasteiger charge is -2.11. The maximum absolute atomic E-state index is 12.1. The third-order valence-corrected chi connectivity index (χ3v) is 4.49. The van der Waals surface area contributed by atoms with Crippen molar-refractivity contribution in [3.05, 3.63) is 82.9 Å². The van der Waals surface area contributed by atoms with Crippen molar-refractivity contribution in [3.63, 3.8) is 0 Å². The first kappa shape index (κ1) is 18.8. The molecule has 5 heteroatoms. The molecule has 27 heavy (non-hydrogen) atoms. The molecule has 0 bridgehead atoms. The summed E-state index contributed by atoms with van der Waals surface area (Å²) in [5.74, 6) is 1.84. The number of carbonyl (C=O) groups excluding carboxylic acids is 1. The number of benzene rings is 3. The van der Waals surface area contributed by atoms with E-state index in [4.69, 9.17) is 21.1 Å². The van der Waals surface area contributed by atoms with Gasteiger partial charge in [0.2, 0.25) is 0 Å². The number of nitrogens with one attached hydrogen (secondary N) is 1. The zero-order valence-electron chi connectivity index (χ0n) is 15.2. The Bertz CT molecular complexity index is 901. The number of para-hydroxylation sites is 1. The predicted octanol–water partition coefficient (Wildman–Crippen LogP) is 5.77. The summed E-state index contributed by atoms with van der Waals surface area (Å²) in [6.07, 6.45) is 0. The fraction of sp³-hybridized carbons (Fsp3) is 0.136. The Kier molecular flexibility index (Phi) is 5.99. The Morgan fingerprint density at radius 2 is 1.48 bits per heavy atom. The summed E-state index contributed by atoms with van der Waals surface area (Å²) in [5, 5.41) is 3.51. The van der Waals surface area contributed by atoms with Gasteiger partial charge in [-0.1, -0.05) is 29.8 Å². The molecule has 0 saturated carbocycles. The smallest absolute Gasteiger partial charge is 0.262 e. The molecule has 0 aliphatic rings. The van der Waals surface area contributed by atoms with Crippen molar-refractivity contribution in [1.82, 2.24) is 0 Å². The molecule has 3 aromatic carbocycles. The standard InChI is InChI=1S/C22H20ClNO3/c1-15-12-20(13-16(2)22(15)23)26-14-21(25)24-17-8-10-19(11-9-17)27-18-6-4-3-5-7-18/h3-13H,14H2,1-2H3,(H,24,25). The highest BCUT2D eigenvalue weighted by Crippen LogP contribution is 2.26. The van der Waals surface area contributed by atoms with Crippen LogP contribution >= 0.6 is 11.6 Å². The van der Waals surface area contributed by atoms with Crippen molar-refractivity contribution in [2.75, 3.05) is 11.9 Å². The van der Waals surface area contributed by atoms with Crippen molar-refractivity contribution >= 4 is 23.2 Å². The van der Waals surface area contributed by atoms with Crippen molar-refractivity contribution < 1.29 is 14.3 Å². The molecule has 0 aliphatic heterocycles. The lowest BCUT2D eigenvalue weighted by molar-refractivity contribution is -0.118. The monoisotopic (exact) mass is 381 g/mol. The van der Waals surface area contributed by atoms with Gasteiger partial charge >= 0.3 is 0 Å². The minimum Gasteiger partial charge on any atom is -0.484 e. The molecular formula is C22H20ClNO3. The largest absolute Gasteiger partial charge is 0.484 e. The summed E-state index contributed by atoms with van der Waals surface area (Å²) >= 11 is 6.14. The third kappa shape index (κ3) is 5.25. The van der Waals surface area contributed by atoms with E-state index in [1.54, 1.807) is 24.3 Å². The van der Waals surface area contributed by atoms with Crippen LogP contribution < -0.4 is 14.8 Å². The van der Waals surface area contributed by atoms with E-state index in [-0.39, 0.29) is 12.5 Å². The van der Waals surface area contributed by atoms with Crippen LogP contribution in [-0.2, 0) is 4.79 Å². The molecule has 3 rings (SSSR count). The second-order valence-electron chi connectivity index (χ2n) is 6.15. The van der Waals surface area contributed by atoms with E-state index in [1.165, 1.54) is 0 Å². The van der Waals surface area contributed by atoms with Crippen LogP contribution in [0.3, 0.4) is 0 Å². The minimum atomic E-state index is -0.239. The van der Waals surface area contributed by atoms with E-state index in [1.807, 2.05) is 56.3 Å². The van der Waals surface area contributed by atoms with Gasteiger partial charge in [-0.25, -0.2) is 0 Å². The first-order valence-corrected chi connectivity index (χ1v) is 8.91. The summed E-state index contributed by atoms with van der Waals surface area (Å²) in [4.78, 5) is 12.1. The molecule has 0 fully saturated rings. The molecule has 1 N–H and O–H groups in total. The number of rotatable bonds is 6. The van der Waals surface area contributed by atoms with Crippen molar-refractivity contribution in [2.24, 2.45) is 0 Å². The first-order valence-electron chi connectivity index (χ1n) is 8.53.